The van der Waals surface area contributed by atoms with Gasteiger partial charge in [0.05, 0.1) is 5.69 Å². The highest BCUT2D eigenvalue weighted by molar-refractivity contribution is 5.77. The molecule has 0 saturated carbocycles. The third-order valence-corrected chi connectivity index (χ3v) is 3.08. The molecule has 1 N–H and O–H groups in total. The van der Waals surface area contributed by atoms with E-state index < -0.39 is 0 Å². The van der Waals surface area contributed by atoms with Gasteiger partial charge in [-0.15, -0.1) is 0 Å². The molecule has 0 spiro atoms. The number of pyridine rings is 1. The molecule has 2 aromatic heterocycles. The van der Waals surface area contributed by atoms with Crippen LogP contribution in [-0.4, -0.2) is 28.6 Å². The number of rotatable bonds is 2. The smallest absolute Gasteiger partial charge is 0.155 e. The minimum absolute atomic E-state index is 0.268. The highest BCUT2D eigenvalue weighted by Gasteiger charge is 2.15. The van der Waals surface area contributed by atoms with Gasteiger partial charge in [0.1, 0.15) is 11.4 Å². The van der Waals surface area contributed by atoms with Gasteiger partial charge in [-0.1, -0.05) is 6.07 Å². The average Bonchev–Trinajstić information content (AvgIpc) is 2.79. The Balaban J connectivity index is 2.31. The predicted molar refractivity (Wildman–Crippen MR) is 76.6 cm³/mol. The summed E-state index contributed by atoms with van der Waals surface area (Å²) in [5.74, 6) is 1.18. The number of phenolic OH excluding ortho intramolecular Hbond substituents is 1. The molecule has 0 fully saturated rings. The molecule has 1 aromatic carbocycles. The maximum absolute atomic E-state index is 9.41. The lowest BCUT2D eigenvalue weighted by molar-refractivity contribution is 0.475. The van der Waals surface area contributed by atoms with Crippen molar-refractivity contribution in [2.75, 3.05) is 19.0 Å². The third kappa shape index (κ3) is 1.91. The Kier molecular flexibility index (Phi) is 2.63. The van der Waals surface area contributed by atoms with Gasteiger partial charge in [-0.2, -0.15) is 0 Å². The summed E-state index contributed by atoms with van der Waals surface area (Å²) in [4.78, 5) is 6.63. The number of benzene rings is 1. The average molecular weight is 253 g/mol. The van der Waals surface area contributed by atoms with Gasteiger partial charge in [0.2, 0.25) is 0 Å². The van der Waals surface area contributed by atoms with E-state index in [4.69, 9.17) is 0 Å². The van der Waals surface area contributed by atoms with Crippen LogP contribution in [0, 0.1) is 0 Å². The van der Waals surface area contributed by atoms with E-state index in [-0.39, 0.29) is 5.75 Å². The fraction of sp³-hybridized carbons (Fsp3) is 0.133. The zero-order valence-corrected chi connectivity index (χ0v) is 10.9. The number of aromatic nitrogens is 2. The second-order valence-corrected chi connectivity index (χ2v) is 4.65. The summed E-state index contributed by atoms with van der Waals surface area (Å²) < 4.78 is 2.06. The molecule has 0 aliphatic carbocycles. The largest absolute Gasteiger partial charge is 0.508 e. The van der Waals surface area contributed by atoms with Crippen LogP contribution in [0.25, 0.3) is 16.9 Å². The second kappa shape index (κ2) is 4.31. The fourth-order valence-electron chi connectivity index (χ4n) is 2.18. The molecule has 0 unspecified atom stereocenters. The predicted octanol–water partition coefficient (Wildman–Crippen LogP) is 2.77. The third-order valence-electron chi connectivity index (χ3n) is 3.08. The summed E-state index contributed by atoms with van der Waals surface area (Å²) in [7, 11) is 3.96. The van der Waals surface area contributed by atoms with Crippen molar-refractivity contribution in [2.45, 2.75) is 0 Å². The van der Waals surface area contributed by atoms with Crippen molar-refractivity contribution in [1.29, 1.82) is 0 Å². The lowest BCUT2D eigenvalue weighted by Gasteiger charge is -2.12. The van der Waals surface area contributed by atoms with Gasteiger partial charge >= 0.3 is 0 Å². The summed E-state index contributed by atoms with van der Waals surface area (Å²) in [5.41, 5.74) is 2.97. The molecule has 0 amide bonds. The first-order chi connectivity index (χ1) is 9.16. The van der Waals surface area contributed by atoms with Gasteiger partial charge in [-0.25, -0.2) is 4.98 Å². The SMILES string of the molecule is CN(C)c1nc2ccccn2c1-c1ccc(O)cc1. The highest BCUT2D eigenvalue weighted by atomic mass is 16.3. The van der Waals surface area contributed by atoms with Crippen molar-refractivity contribution in [3.63, 3.8) is 0 Å². The summed E-state index contributed by atoms with van der Waals surface area (Å²) in [6.45, 7) is 0. The molecule has 0 saturated heterocycles. The van der Waals surface area contributed by atoms with Crippen LogP contribution in [0.1, 0.15) is 0 Å². The molecular formula is C15H15N3O. The number of imidazole rings is 1. The van der Waals surface area contributed by atoms with Crippen molar-refractivity contribution < 1.29 is 5.11 Å². The zero-order chi connectivity index (χ0) is 13.4. The van der Waals surface area contributed by atoms with E-state index in [9.17, 15) is 5.11 Å². The lowest BCUT2D eigenvalue weighted by Crippen LogP contribution is -2.10. The second-order valence-electron chi connectivity index (χ2n) is 4.65. The van der Waals surface area contributed by atoms with Crippen LogP contribution in [-0.2, 0) is 0 Å². The molecule has 0 atom stereocenters. The van der Waals surface area contributed by atoms with E-state index in [0.29, 0.717) is 0 Å². The van der Waals surface area contributed by atoms with Crippen LogP contribution in [0.4, 0.5) is 5.82 Å². The summed E-state index contributed by atoms with van der Waals surface area (Å²) in [5, 5.41) is 9.41. The van der Waals surface area contributed by atoms with Crippen LogP contribution >= 0.6 is 0 Å². The molecule has 3 rings (SSSR count). The van der Waals surface area contributed by atoms with Crippen LogP contribution in [0.5, 0.6) is 5.75 Å². The number of fused-ring (bicyclic) bond motifs is 1. The number of nitrogens with zero attached hydrogens (tertiary/aromatic N) is 3. The molecule has 3 aromatic rings. The first-order valence-corrected chi connectivity index (χ1v) is 6.10. The molecule has 0 bridgehead atoms. The van der Waals surface area contributed by atoms with Gasteiger partial charge in [0, 0.05) is 25.9 Å². The standard InChI is InChI=1S/C15H15N3O/c1-17(2)15-14(11-6-8-12(19)9-7-11)18-10-4-3-5-13(18)16-15/h3-10,19H,1-2H3. The number of phenols is 1. The Morgan fingerprint density at radius 1 is 1.05 bits per heavy atom. The van der Waals surface area contributed by atoms with E-state index in [2.05, 4.69) is 9.38 Å². The molecule has 2 heterocycles. The Morgan fingerprint density at radius 2 is 1.79 bits per heavy atom. The van der Waals surface area contributed by atoms with Gasteiger partial charge in [-0.05, 0) is 36.4 Å². The van der Waals surface area contributed by atoms with Gasteiger partial charge in [0.25, 0.3) is 0 Å². The first kappa shape index (κ1) is 11.6. The molecule has 0 aliphatic rings. The summed E-state index contributed by atoms with van der Waals surface area (Å²) in [6, 6.07) is 13.1. The van der Waals surface area contributed by atoms with E-state index in [1.165, 1.54) is 0 Å². The van der Waals surface area contributed by atoms with Crippen molar-refractivity contribution in [1.82, 2.24) is 9.38 Å². The Hall–Kier alpha value is -2.49. The lowest BCUT2D eigenvalue weighted by atomic mass is 10.1. The molecule has 96 valence electrons. The van der Waals surface area contributed by atoms with Crippen LogP contribution in [0.15, 0.2) is 48.7 Å². The molecule has 4 nitrogen and oxygen atoms in total. The van der Waals surface area contributed by atoms with Gasteiger partial charge < -0.3 is 10.0 Å². The Morgan fingerprint density at radius 3 is 2.47 bits per heavy atom. The fourth-order valence-corrected chi connectivity index (χ4v) is 2.18. The Labute approximate surface area is 111 Å². The summed E-state index contributed by atoms with van der Waals surface area (Å²) in [6.07, 6.45) is 2.00. The zero-order valence-electron chi connectivity index (χ0n) is 10.9. The van der Waals surface area contributed by atoms with Crippen molar-refractivity contribution in [3.05, 3.63) is 48.7 Å². The number of aromatic hydroxyl groups is 1. The molecule has 0 radical (unpaired) electrons. The number of anilines is 1. The van der Waals surface area contributed by atoms with Crippen LogP contribution in [0.2, 0.25) is 0 Å². The minimum Gasteiger partial charge on any atom is -0.508 e. The van der Waals surface area contributed by atoms with Crippen molar-refractivity contribution in [2.24, 2.45) is 0 Å². The first-order valence-electron chi connectivity index (χ1n) is 6.10. The van der Waals surface area contributed by atoms with E-state index in [1.54, 1.807) is 12.1 Å². The van der Waals surface area contributed by atoms with Crippen LogP contribution in [0.3, 0.4) is 0 Å². The normalized spacial score (nSPS) is 10.8. The quantitative estimate of drug-likeness (QED) is 0.763. The maximum atomic E-state index is 9.41. The number of hydrogen-bond donors (Lipinski definition) is 1. The van der Waals surface area contributed by atoms with E-state index in [0.717, 1.165) is 22.7 Å². The maximum Gasteiger partial charge on any atom is 0.155 e. The van der Waals surface area contributed by atoms with Gasteiger partial charge in [-0.3, -0.25) is 4.40 Å². The highest BCUT2D eigenvalue weighted by Crippen LogP contribution is 2.31. The van der Waals surface area contributed by atoms with Crippen molar-refractivity contribution in [3.8, 4) is 17.0 Å². The molecule has 0 aliphatic heterocycles. The minimum atomic E-state index is 0.268. The molecule has 19 heavy (non-hydrogen) atoms. The van der Waals surface area contributed by atoms with E-state index in [1.807, 2.05) is 55.5 Å². The number of hydrogen-bond acceptors (Lipinski definition) is 3. The monoisotopic (exact) mass is 253 g/mol. The van der Waals surface area contributed by atoms with Crippen molar-refractivity contribution >= 4 is 11.5 Å². The van der Waals surface area contributed by atoms with Gasteiger partial charge in [0.15, 0.2) is 5.82 Å². The summed E-state index contributed by atoms with van der Waals surface area (Å²) >= 11 is 0. The topological polar surface area (TPSA) is 40.8 Å². The molecule has 4 heteroatoms. The Bertz CT molecular complexity index is 714. The van der Waals surface area contributed by atoms with E-state index >= 15 is 0 Å². The van der Waals surface area contributed by atoms with Crippen LogP contribution < -0.4 is 4.90 Å². The molecular weight excluding hydrogens is 238 g/mol.